The van der Waals surface area contributed by atoms with E-state index in [0.29, 0.717) is 55.4 Å². The van der Waals surface area contributed by atoms with E-state index in [4.69, 9.17) is 16.3 Å². The number of benzene rings is 1. The summed E-state index contributed by atoms with van der Waals surface area (Å²) in [6.45, 7) is 8.99. The van der Waals surface area contributed by atoms with Gasteiger partial charge in [-0.05, 0) is 29.7 Å². The summed E-state index contributed by atoms with van der Waals surface area (Å²) < 4.78 is 5.34. The van der Waals surface area contributed by atoms with Crippen molar-refractivity contribution in [2.45, 2.75) is 20.8 Å². The summed E-state index contributed by atoms with van der Waals surface area (Å²) in [4.78, 5) is 51.5. The van der Waals surface area contributed by atoms with Gasteiger partial charge in [-0.3, -0.25) is 14.4 Å². The topological polar surface area (TPSA) is 129 Å². The van der Waals surface area contributed by atoms with Gasteiger partial charge in [0.2, 0.25) is 5.95 Å². The number of nitrogens with one attached hydrogen (secondary N) is 3. The Hall–Kier alpha value is -3.50. The molecule has 4 rings (SSSR count). The molecular formula is C24H27ClN6O4. The van der Waals surface area contributed by atoms with Gasteiger partial charge in [-0.25, -0.2) is 4.98 Å². The highest BCUT2D eigenvalue weighted by molar-refractivity contribution is 6.34. The second kappa shape index (κ2) is 10.0. The molecule has 1 aromatic carbocycles. The van der Waals surface area contributed by atoms with E-state index in [1.54, 1.807) is 12.3 Å². The number of carbonyl (C=O) groups excluding carboxylic acids is 2. The Morgan fingerprint density at radius 1 is 1.17 bits per heavy atom. The lowest BCUT2D eigenvalue weighted by atomic mass is 9.97. The van der Waals surface area contributed by atoms with Crippen LogP contribution in [0.15, 0.2) is 35.3 Å². The zero-order valence-electron chi connectivity index (χ0n) is 19.8. The molecule has 0 unspecified atom stereocenters. The summed E-state index contributed by atoms with van der Waals surface area (Å²) in [5, 5.41) is 6.23. The number of pyridine rings is 1. The van der Waals surface area contributed by atoms with Crippen LogP contribution in [-0.4, -0.2) is 59.6 Å². The van der Waals surface area contributed by atoms with Crippen LogP contribution in [0.2, 0.25) is 5.02 Å². The molecule has 1 aliphatic rings. The molecule has 0 bridgehead atoms. The SMILES string of the molecule is CC(C)(C)CNC(=O)c1ccc(Cl)c(NC(=O)c2cc3cnc(N4CCOCC4)nc3[nH]c2=O)c1. The van der Waals surface area contributed by atoms with Crippen molar-refractivity contribution in [2.75, 3.05) is 43.1 Å². The lowest BCUT2D eigenvalue weighted by Crippen LogP contribution is -2.37. The molecule has 2 amide bonds. The molecule has 3 heterocycles. The number of fused-ring (bicyclic) bond motifs is 1. The summed E-state index contributed by atoms with van der Waals surface area (Å²) in [6, 6.07) is 6.00. The second-order valence-electron chi connectivity index (χ2n) is 9.48. The van der Waals surface area contributed by atoms with Crippen molar-refractivity contribution in [3.05, 3.63) is 57.0 Å². The molecule has 1 aliphatic heterocycles. The number of ether oxygens (including phenoxy) is 1. The number of morpholine rings is 1. The first-order valence-corrected chi connectivity index (χ1v) is 11.6. The fraction of sp³-hybridized carbons (Fsp3) is 0.375. The fourth-order valence-corrected chi connectivity index (χ4v) is 3.63. The van der Waals surface area contributed by atoms with Gasteiger partial charge in [0.05, 0.1) is 23.9 Å². The molecule has 11 heteroatoms. The standard InChI is InChI=1S/C24H27ClN6O4/c1-24(2,3)13-27-20(32)14-4-5-17(25)18(11-14)28-21(33)16-10-15-12-26-23(30-19(15)29-22(16)34)31-6-8-35-9-7-31/h4-5,10-12H,6-9,13H2,1-3H3,(H,27,32)(H,28,33)(H,26,29,30,34). The number of rotatable bonds is 5. The zero-order valence-corrected chi connectivity index (χ0v) is 20.5. The van der Waals surface area contributed by atoms with Crippen molar-refractivity contribution in [1.82, 2.24) is 20.3 Å². The number of hydrogen-bond acceptors (Lipinski definition) is 7. The fourth-order valence-electron chi connectivity index (χ4n) is 3.47. The molecule has 3 N–H and O–H groups in total. The Labute approximate surface area is 207 Å². The third-order valence-corrected chi connectivity index (χ3v) is 5.70. The van der Waals surface area contributed by atoms with Crippen LogP contribution >= 0.6 is 11.6 Å². The van der Waals surface area contributed by atoms with Crippen LogP contribution in [0.5, 0.6) is 0 Å². The molecule has 1 saturated heterocycles. The molecule has 1 fully saturated rings. The molecule has 0 saturated carbocycles. The Morgan fingerprint density at radius 3 is 2.63 bits per heavy atom. The van der Waals surface area contributed by atoms with Gasteiger partial charge in [0.1, 0.15) is 11.2 Å². The number of aromatic nitrogens is 3. The van der Waals surface area contributed by atoms with E-state index in [2.05, 4.69) is 25.6 Å². The number of halogens is 1. The second-order valence-corrected chi connectivity index (χ2v) is 9.88. The molecule has 2 aromatic heterocycles. The third kappa shape index (κ3) is 5.95. The lowest BCUT2D eigenvalue weighted by Gasteiger charge is -2.26. The Morgan fingerprint density at radius 2 is 1.91 bits per heavy atom. The van der Waals surface area contributed by atoms with E-state index < -0.39 is 11.5 Å². The minimum atomic E-state index is -0.667. The number of carbonyl (C=O) groups is 2. The summed E-state index contributed by atoms with van der Waals surface area (Å²) >= 11 is 6.24. The molecule has 10 nitrogen and oxygen atoms in total. The van der Waals surface area contributed by atoms with Crippen LogP contribution in [0.3, 0.4) is 0 Å². The Bertz CT molecular complexity index is 1330. The van der Waals surface area contributed by atoms with Gasteiger partial charge >= 0.3 is 0 Å². The largest absolute Gasteiger partial charge is 0.378 e. The van der Waals surface area contributed by atoms with Crippen LogP contribution < -0.4 is 21.1 Å². The summed E-state index contributed by atoms with van der Waals surface area (Å²) in [5.41, 5.74) is 0.0846. The van der Waals surface area contributed by atoms with Crippen molar-refractivity contribution >= 4 is 46.1 Å². The van der Waals surface area contributed by atoms with Crippen LogP contribution in [0, 0.1) is 5.41 Å². The van der Waals surface area contributed by atoms with Crippen molar-refractivity contribution in [1.29, 1.82) is 0 Å². The first-order valence-electron chi connectivity index (χ1n) is 11.2. The molecule has 0 spiro atoms. The average Bonchev–Trinajstić information content (AvgIpc) is 2.83. The predicted octanol–water partition coefficient (Wildman–Crippen LogP) is 2.84. The van der Waals surface area contributed by atoms with Crippen molar-refractivity contribution in [2.24, 2.45) is 5.41 Å². The summed E-state index contributed by atoms with van der Waals surface area (Å²) in [6.07, 6.45) is 1.56. The highest BCUT2D eigenvalue weighted by atomic mass is 35.5. The van der Waals surface area contributed by atoms with Crippen molar-refractivity contribution < 1.29 is 14.3 Å². The molecule has 35 heavy (non-hydrogen) atoms. The zero-order chi connectivity index (χ0) is 25.2. The van der Waals surface area contributed by atoms with E-state index in [1.165, 1.54) is 18.2 Å². The van der Waals surface area contributed by atoms with Crippen LogP contribution in [0.1, 0.15) is 41.5 Å². The number of nitrogens with zero attached hydrogens (tertiary/aromatic N) is 3. The normalized spacial score (nSPS) is 14.1. The summed E-state index contributed by atoms with van der Waals surface area (Å²) in [5.74, 6) is -0.467. The number of aromatic amines is 1. The van der Waals surface area contributed by atoms with Gasteiger partial charge in [0.25, 0.3) is 17.4 Å². The third-order valence-electron chi connectivity index (χ3n) is 5.38. The lowest BCUT2D eigenvalue weighted by molar-refractivity contribution is 0.0938. The van der Waals surface area contributed by atoms with E-state index in [-0.39, 0.29) is 27.6 Å². The number of anilines is 2. The molecular weight excluding hydrogens is 472 g/mol. The van der Waals surface area contributed by atoms with Gasteiger partial charge in [0, 0.05) is 36.8 Å². The molecule has 184 valence electrons. The highest BCUT2D eigenvalue weighted by Crippen LogP contribution is 2.24. The van der Waals surface area contributed by atoms with E-state index >= 15 is 0 Å². The van der Waals surface area contributed by atoms with E-state index in [9.17, 15) is 14.4 Å². The number of H-pyrrole nitrogens is 1. The van der Waals surface area contributed by atoms with Gasteiger partial charge < -0.3 is 25.3 Å². The molecule has 0 aliphatic carbocycles. The summed E-state index contributed by atoms with van der Waals surface area (Å²) in [7, 11) is 0. The Kier molecular flexibility index (Phi) is 7.04. The Balaban J connectivity index is 1.54. The number of hydrogen-bond donors (Lipinski definition) is 3. The first kappa shape index (κ1) is 24.6. The smallest absolute Gasteiger partial charge is 0.262 e. The molecule has 3 aromatic rings. The van der Waals surface area contributed by atoms with Gasteiger partial charge in [-0.15, -0.1) is 0 Å². The molecule has 0 atom stereocenters. The van der Waals surface area contributed by atoms with E-state index in [0.717, 1.165) is 0 Å². The minimum Gasteiger partial charge on any atom is -0.378 e. The predicted molar refractivity (Wildman–Crippen MR) is 134 cm³/mol. The monoisotopic (exact) mass is 498 g/mol. The van der Waals surface area contributed by atoms with E-state index in [1.807, 2.05) is 25.7 Å². The average molecular weight is 499 g/mol. The van der Waals surface area contributed by atoms with Crippen LogP contribution in [0.4, 0.5) is 11.6 Å². The van der Waals surface area contributed by atoms with Crippen LogP contribution in [-0.2, 0) is 4.74 Å². The highest BCUT2D eigenvalue weighted by Gasteiger charge is 2.19. The maximum absolute atomic E-state index is 12.9. The molecule has 0 radical (unpaired) electrons. The maximum atomic E-state index is 12.9. The van der Waals surface area contributed by atoms with Gasteiger partial charge in [-0.1, -0.05) is 32.4 Å². The van der Waals surface area contributed by atoms with Crippen LogP contribution in [0.25, 0.3) is 11.0 Å². The van der Waals surface area contributed by atoms with Crippen molar-refractivity contribution in [3.8, 4) is 0 Å². The number of amides is 2. The quantitative estimate of drug-likeness (QED) is 0.493. The van der Waals surface area contributed by atoms with Gasteiger partial charge in [0.15, 0.2) is 0 Å². The van der Waals surface area contributed by atoms with Gasteiger partial charge in [-0.2, -0.15) is 4.98 Å². The minimum absolute atomic E-state index is 0.0804. The van der Waals surface area contributed by atoms with Crippen molar-refractivity contribution in [3.63, 3.8) is 0 Å². The maximum Gasteiger partial charge on any atom is 0.262 e. The first-order chi connectivity index (χ1) is 16.6.